The highest BCUT2D eigenvalue weighted by Gasteiger charge is 2.38. The van der Waals surface area contributed by atoms with E-state index in [-0.39, 0.29) is 11.9 Å². The maximum absolute atomic E-state index is 12.7. The van der Waals surface area contributed by atoms with Crippen LogP contribution in [0.1, 0.15) is 18.5 Å². The number of hydrogen-bond donors (Lipinski definition) is 3. The van der Waals surface area contributed by atoms with Crippen molar-refractivity contribution in [3.8, 4) is 5.75 Å². The number of anilines is 1. The Hall–Kier alpha value is -3.28. The summed E-state index contributed by atoms with van der Waals surface area (Å²) in [6.07, 6.45) is 0. The van der Waals surface area contributed by atoms with E-state index in [1.165, 1.54) is 0 Å². The number of H-pyrrole nitrogens is 1. The number of carbonyl (C=O) groups is 1. The summed E-state index contributed by atoms with van der Waals surface area (Å²) in [5, 5.41) is 6.11. The molecule has 0 saturated carbocycles. The maximum atomic E-state index is 12.7. The molecule has 0 bridgehead atoms. The molecule has 1 atom stereocenters. The van der Waals surface area contributed by atoms with Crippen molar-refractivity contribution in [3.63, 3.8) is 0 Å². The van der Waals surface area contributed by atoms with Crippen LogP contribution in [-0.4, -0.2) is 25.0 Å². The van der Waals surface area contributed by atoms with Crippen LogP contribution in [0.3, 0.4) is 0 Å². The highest BCUT2D eigenvalue weighted by atomic mass is 16.5. The Labute approximate surface area is 151 Å². The van der Waals surface area contributed by atoms with Crippen LogP contribution in [0.15, 0.2) is 59.8 Å². The lowest BCUT2D eigenvalue weighted by atomic mass is 9.94. The molecule has 26 heavy (non-hydrogen) atoms. The fourth-order valence-electron chi connectivity index (χ4n) is 3.59. The van der Waals surface area contributed by atoms with E-state index in [0.29, 0.717) is 5.57 Å². The largest absolute Gasteiger partial charge is 0.497 e. The summed E-state index contributed by atoms with van der Waals surface area (Å²) in [7, 11) is 3.30. The summed E-state index contributed by atoms with van der Waals surface area (Å²) >= 11 is 0. The predicted molar refractivity (Wildman–Crippen MR) is 100 cm³/mol. The molecule has 0 radical (unpaired) electrons. The number of nitrogens with one attached hydrogen (secondary N) is 3. The summed E-state index contributed by atoms with van der Waals surface area (Å²) in [6.45, 7) is 1.92. The molecule has 2 heterocycles. The third kappa shape index (κ3) is 2.42. The molecule has 0 spiro atoms. The van der Waals surface area contributed by atoms with Crippen molar-refractivity contribution in [3.05, 3.63) is 65.4 Å². The number of fused-ring (bicyclic) bond motifs is 3. The number of amides is 1. The zero-order valence-corrected chi connectivity index (χ0v) is 15.0. The van der Waals surface area contributed by atoms with Gasteiger partial charge in [0.2, 0.25) is 0 Å². The number of methoxy groups -OCH3 is 1. The molecule has 1 aliphatic heterocycles. The van der Waals surface area contributed by atoms with Crippen molar-refractivity contribution in [1.29, 1.82) is 0 Å². The predicted octanol–water partition coefficient (Wildman–Crippen LogP) is 2.50. The molecule has 132 valence electrons. The minimum absolute atomic E-state index is 0.105. The van der Waals surface area contributed by atoms with E-state index in [1.807, 2.05) is 55.5 Å². The normalized spacial score (nSPS) is 16.2. The Morgan fingerprint density at radius 3 is 2.77 bits per heavy atom. The van der Waals surface area contributed by atoms with Crippen LogP contribution in [0.2, 0.25) is 0 Å². The van der Waals surface area contributed by atoms with Crippen LogP contribution >= 0.6 is 0 Å². The Kier molecular flexibility index (Phi) is 3.88. The summed E-state index contributed by atoms with van der Waals surface area (Å²) in [6, 6.07) is 15.6. The minimum Gasteiger partial charge on any atom is -0.497 e. The molecule has 0 aliphatic carbocycles. The Morgan fingerprint density at radius 1 is 1.19 bits per heavy atom. The first-order valence-corrected chi connectivity index (χ1v) is 8.50. The average Bonchev–Trinajstić information content (AvgIpc) is 3.04. The molecule has 3 N–H and O–H groups in total. The van der Waals surface area contributed by atoms with Crippen molar-refractivity contribution in [2.45, 2.75) is 13.0 Å². The summed E-state index contributed by atoms with van der Waals surface area (Å²) in [4.78, 5) is 16.1. The maximum Gasteiger partial charge on any atom is 0.361 e. The number of benzene rings is 2. The van der Waals surface area contributed by atoms with Crippen molar-refractivity contribution >= 4 is 22.9 Å². The van der Waals surface area contributed by atoms with Crippen molar-refractivity contribution < 1.29 is 14.1 Å². The first-order chi connectivity index (χ1) is 12.6. The van der Waals surface area contributed by atoms with Crippen LogP contribution in [0, 0.1) is 0 Å². The average molecular weight is 349 g/mol. The molecule has 3 aromatic rings. The van der Waals surface area contributed by atoms with Gasteiger partial charge in [-0.3, -0.25) is 4.79 Å². The first kappa shape index (κ1) is 16.2. The van der Waals surface area contributed by atoms with E-state index < -0.39 is 0 Å². The number of imidazole rings is 1. The van der Waals surface area contributed by atoms with Gasteiger partial charge in [-0.15, -0.1) is 0 Å². The van der Waals surface area contributed by atoms with E-state index in [2.05, 4.69) is 20.2 Å². The van der Waals surface area contributed by atoms with Gasteiger partial charge in [-0.1, -0.05) is 24.3 Å². The Bertz CT molecular complexity index is 1040. The van der Waals surface area contributed by atoms with Gasteiger partial charge in [0.1, 0.15) is 22.8 Å². The van der Waals surface area contributed by atoms with Gasteiger partial charge in [0, 0.05) is 7.05 Å². The van der Waals surface area contributed by atoms with Gasteiger partial charge in [-0.2, -0.15) is 0 Å². The summed E-state index contributed by atoms with van der Waals surface area (Å²) < 4.78 is 7.53. The van der Waals surface area contributed by atoms with Gasteiger partial charge < -0.3 is 10.1 Å². The number of aromatic amines is 1. The van der Waals surface area contributed by atoms with Crippen LogP contribution in [0.5, 0.6) is 5.75 Å². The molecule has 1 aromatic heterocycles. The number of para-hydroxylation sites is 2. The quantitative estimate of drug-likeness (QED) is 0.636. The molecular formula is C20H21N4O2+. The molecule has 0 fully saturated rings. The van der Waals surface area contributed by atoms with Gasteiger partial charge >= 0.3 is 5.95 Å². The number of allylic oxidation sites excluding steroid dienone is 1. The zero-order valence-electron chi connectivity index (χ0n) is 15.0. The lowest BCUT2D eigenvalue weighted by molar-refractivity contribution is -0.666. The second kappa shape index (κ2) is 6.22. The third-order valence-corrected chi connectivity index (χ3v) is 4.78. The van der Waals surface area contributed by atoms with Gasteiger partial charge in [-0.25, -0.2) is 14.9 Å². The SMILES string of the molecule is CNC(=O)C1=C(C)Nc2[nH]c3ccccc3[n+]2C1c1cccc(OC)c1. The van der Waals surface area contributed by atoms with E-state index in [1.54, 1.807) is 14.2 Å². The number of aromatic nitrogens is 2. The fraction of sp³-hybridized carbons (Fsp3) is 0.200. The van der Waals surface area contributed by atoms with E-state index in [0.717, 1.165) is 34.0 Å². The number of carbonyl (C=O) groups excluding carboxylic acids is 1. The third-order valence-electron chi connectivity index (χ3n) is 4.78. The van der Waals surface area contributed by atoms with Gasteiger partial charge in [0.05, 0.1) is 18.4 Å². The lowest BCUT2D eigenvalue weighted by Crippen LogP contribution is -2.49. The van der Waals surface area contributed by atoms with Gasteiger partial charge in [-0.05, 0) is 36.8 Å². The van der Waals surface area contributed by atoms with Crippen LogP contribution in [-0.2, 0) is 4.79 Å². The van der Waals surface area contributed by atoms with Crippen molar-refractivity contribution in [2.24, 2.45) is 0 Å². The number of rotatable bonds is 3. The number of ether oxygens (including phenoxy) is 1. The Morgan fingerprint density at radius 2 is 2.00 bits per heavy atom. The molecule has 6 nitrogen and oxygen atoms in total. The fourth-order valence-corrected chi connectivity index (χ4v) is 3.59. The standard InChI is InChI=1S/C20H20N4O2/c1-12-17(19(25)21-2)18(13-7-6-8-14(11-13)26-3)24-16-10-5-4-9-15(16)23-20(24)22-12/h4-11,18H,1-3H3,(H2,21,22,23,25)/p+1. The van der Waals surface area contributed by atoms with Crippen molar-refractivity contribution in [2.75, 3.05) is 19.5 Å². The minimum atomic E-state index is -0.266. The zero-order chi connectivity index (χ0) is 18.3. The molecule has 2 aromatic carbocycles. The molecule has 1 unspecified atom stereocenters. The van der Waals surface area contributed by atoms with Crippen LogP contribution in [0.25, 0.3) is 11.0 Å². The smallest absolute Gasteiger partial charge is 0.361 e. The highest BCUT2D eigenvalue weighted by Crippen LogP contribution is 2.33. The van der Waals surface area contributed by atoms with E-state index in [9.17, 15) is 4.79 Å². The molecule has 4 rings (SSSR count). The number of nitrogens with zero attached hydrogens (tertiary/aromatic N) is 1. The lowest BCUT2D eigenvalue weighted by Gasteiger charge is -2.25. The second-order valence-corrected chi connectivity index (χ2v) is 6.28. The van der Waals surface area contributed by atoms with E-state index in [4.69, 9.17) is 4.74 Å². The van der Waals surface area contributed by atoms with E-state index >= 15 is 0 Å². The Balaban J connectivity index is 2.01. The van der Waals surface area contributed by atoms with Crippen LogP contribution in [0.4, 0.5) is 5.95 Å². The second-order valence-electron chi connectivity index (χ2n) is 6.28. The molecule has 0 saturated heterocycles. The number of hydrogen-bond acceptors (Lipinski definition) is 3. The topological polar surface area (TPSA) is 70.0 Å². The summed E-state index contributed by atoms with van der Waals surface area (Å²) in [5.41, 5.74) is 4.53. The molecular weight excluding hydrogens is 328 g/mol. The molecule has 1 amide bonds. The molecule has 1 aliphatic rings. The summed E-state index contributed by atoms with van der Waals surface area (Å²) in [5.74, 6) is 1.51. The highest BCUT2D eigenvalue weighted by molar-refractivity contribution is 5.96. The van der Waals surface area contributed by atoms with Gasteiger partial charge in [0.25, 0.3) is 5.91 Å². The van der Waals surface area contributed by atoms with Crippen molar-refractivity contribution in [1.82, 2.24) is 10.3 Å². The molecule has 6 heteroatoms. The van der Waals surface area contributed by atoms with Crippen LogP contribution < -0.4 is 19.9 Å². The monoisotopic (exact) mass is 349 g/mol. The van der Waals surface area contributed by atoms with Gasteiger partial charge in [0.15, 0.2) is 0 Å². The first-order valence-electron chi connectivity index (χ1n) is 8.50. The number of likely N-dealkylation sites (N-methyl/N-ethyl adjacent to an activating group) is 1.